The van der Waals surface area contributed by atoms with Crippen LogP contribution in [0, 0.1) is 30.0 Å². The number of aryl methyl sites for hydroxylation is 1. The van der Waals surface area contributed by atoms with Gasteiger partial charge in [0.25, 0.3) is 6.02 Å². The number of nitriles is 1. The van der Waals surface area contributed by atoms with Crippen molar-refractivity contribution in [3.63, 3.8) is 0 Å². The zero-order valence-electron chi connectivity index (χ0n) is 20.0. The molecule has 11 heteroatoms. The average molecular weight is 494 g/mol. The summed E-state index contributed by atoms with van der Waals surface area (Å²) in [5, 5.41) is 10.9. The highest BCUT2D eigenvalue weighted by Gasteiger charge is 2.22. The van der Waals surface area contributed by atoms with Gasteiger partial charge in [0.05, 0.1) is 18.8 Å². The van der Waals surface area contributed by atoms with E-state index in [9.17, 15) is 18.0 Å². The van der Waals surface area contributed by atoms with Crippen molar-refractivity contribution in [2.24, 2.45) is 16.6 Å². The predicted molar refractivity (Wildman–Crippen MR) is 127 cm³/mol. The van der Waals surface area contributed by atoms with Crippen LogP contribution >= 0.6 is 0 Å². The number of carbonyl (C=O) groups excluding carboxylic acids is 1. The number of amidine groups is 1. The van der Waals surface area contributed by atoms with E-state index in [0.29, 0.717) is 36.4 Å². The van der Waals surface area contributed by atoms with E-state index < -0.39 is 18.6 Å². The van der Waals surface area contributed by atoms with Crippen LogP contribution in [0.1, 0.15) is 44.5 Å². The van der Waals surface area contributed by atoms with E-state index >= 15 is 0 Å². The van der Waals surface area contributed by atoms with Gasteiger partial charge in [-0.1, -0.05) is 6.92 Å². The second-order valence-electron chi connectivity index (χ2n) is 7.68. The van der Waals surface area contributed by atoms with E-state index in [-0.39, 0.29) is 17.8 Å². The number of rotatable bonds is 5. The number of carbonyl (C=O) groups is 1. The first-order valence-electron chi connectivity index (χ1n) is 10.8. The monoisotopic (exact) mass is 493 g/mol. The Kier molecular flexibility index (Phi) is 12.7. The third-order valence-electron chi connectivity index (χ3n) is 4.38. The lowest BCUT2D eigenvalue weighted by molar-refractivity contribution is -0.105. The fourth-order valence-corrected chi connectivity index (χ4v) is 2.83. The maximum absolute atomic E-state index is 13.9. The topological polar surface area (TPSA) is 123 Å². The smallest absolute Gasteiger partial charge is 0.282 e. The Morgan fingerprint density at radius 1 is 1.31 bits per heavy atom. The van der Waals surface area contributed by atoms with Crippen LogP contribution in [0.5, 0.6) is 5.75 Å². The molecule has 1 aromatic heterocycles. The molecule has 0 radical (unpaired) electrons. The highest BCUT2D eigenvalue weighted by atomic mass is 19.3. The van der Waals surface area contributed by atoms with E-state index in [1.54, 1.807) is 25.3 Å². The quantitative estimate of drug-likeness (QED) is 0.579. The number of aliphatic imine (C=N–C) groups is 1. The van der Waals surface area contributed by atoms with Gasteiger partial charge in [0.1, 0.15) is 17.6 Å². The second kappa shape index (κ2) is 15.2. The summed E-state index contributed by atoms with van der Waals surface area (Å²) in [4.78, 5) is 18.6. The molecular weight excluding hydrogens is 463 g/mol. The first-order chi connectivity index (χ1) is 16.5. The second-order valence-corrected chi connectivity index (χ2v) is 7.68. The maximum atomic E-state index is 13.9. The summed E-state index contributed by atoms with van der Waals surface area (Å²) >= 11 is 0. The number of hydrogen-bond acceptors (Lipinski definition) is 7. The van der Waals surface area contributed by atoms with Gasteiger partial charge in [-0.25, -0.2) is 18.2 Å². The van der Waals surface area contributed by atoms with Crippen LogP contribution in [-0.4, -0.2) is 36.6 Å². The summed E-state index contributed by atoms with van der Waals surface area (Å²) < 4.78 is 45.0. The first kappa shape index (κ1) is 29.2. The number of nitrogens with zero attached hydrogens (tertiary/aromatic N) is 3. The van der Waals surface area contributed by atoms with Crippen LogP contribution in [0.25, 0.3) is 0 Å². The summed E-state index contributed by atoms with van der Waals surface area (Å²) in [5.41, 5.74) is 7.48. The number of aromatic nitrogens is 1. The van der Waals surface area contributed by atoms with Gasteiger partial charge in [0.15, 0.2) is 6.10 Å². The Morgan fingerprint density at radius 2 is 2.00 bits per heavy atom. The van der Waals surface area contributed by atoms with Gasteiger partial charge in [-0.05, 0) is 63.4 Å². The van der Waals surface area contributed by atoms with E-state index in [0.717, 1.165) is 12.6 Å². The molecule has 3 atom stereocenters. The van der Waals surface area contributed by atoms with Crippen molar-refractivity contribution in [3.8, 4) is 11.8 Å². The zero-order chi connectivity index (χ0) is 26.4. The normalized spacial score (nSPS) is 17.5. The molecule has 1 aliphatic rings. The van der Waals surface area contributed by atoms with Gasteiger partial charge >= 0.3 is 0 Å². The molecule has 1 aromatic carbocycles. The lowest BCUT2D eigenvalue weighted by Gasteiger charge is -2.15. The molecule has 190 valence electrons. The number of hydrogen-bond donors (Lipinski definition) is 2. The Bertz CT molecular complexity index is 994. The SMILES string of the molecule is CC(F)F.CC1COC(N)=NC(c2cc(NC=O)ccc2F)C1.Cc1ccc(O[C@H](C)C#N)cn1. The van der Waals surface area contributed by atoms with Crippen LogP contribution in [-0.2, 0) is 9.53 Å². The highest BCUT2D eigenvalue weighted by molar-refractivity contribution is 5.73. The molecule has 1 aliphatic heterocycles. The van der Waals surface area contributed by atoms with Crippen molar-refractivity contribution in [1.82, 2.24) is 4.98 Å². The lowest BCUT2D eigenvalue weighted by Crippen LogP contribution is -2.17. The molecule has 0 aliphatic carbocycles. The summed E-state index contributed by atoms with van der Waals surface area (Å²) in [6.07, 6.45) is 0.216. The molecular formula is C24H30F3N5O3. The average Bonchev–Trinajstić information content (AvgIpc) is 2.97. The molecule has 0 fully saturated rings. The Morgan fingerprint density at radius 3 is 2.57 bits per heavy atom. The molecule has 3 N–H and O–H groups in total. The van der Waals surface area contributed by atoms with Crippen molar-refractivity contribution in [1.29, 1.82) is 5.26 Å². The summed E-state index contributed by atoms with van der Waals surface area (Å²) in [6.45, 7) is 6.89. The lowest BCUT2D eigenvalue weighted by atomic mass is 9.96. The molecule has 0 spiro atoms. The summed E-state index contributed by atoms with van der Waals surface area (Å²) in [5.74, 6) is 0.485. The molecule has 0 bridgehead atoms. The van der Waals surface area contributed by atoms with Crippen molar-refractivity contribution in [2.45, 2.75) is 52.7 Å². The number of anilines is 1. The minimum absolute atomic E-state index is 0.0718. The number of halogens is 3. The minimum Gasteiger partial charge on any atom is -0.474 e. The van der Waals surface area contributed by atoms with Crippen molar-refractivity contribution >= 4 is 18.1 Å². The molecule has 2 aromatic rings. The van der Waals surface area contributed by atoms with Crippen LogP contribution < -0.4 is 15.8 Å². The van der Waals surface area contributed by atoms with Crippen molar-refractivity contribution in [2.75, 3.05) is 11.9 Å². The minimum atomic E-state index is -2.17. The Labute approximate surface area is 203 Å². The van der Waals surface area contributed by atoms with Crippen molar-refractivity contribution in [3.05, 3.63) is 53.6 Å². The zero-order valence-corrected chi connectivity index (χ0v) is 20.0. The number of pyridine rings is 1. The molecule has 8 nitrogen and oxygen atoms in total. The number of benzene rings is 1. The van der Waals surface area contributed by atoms with Crippen LogP contribution in [0.2, 0.25) is 0 Å². The van der Waals surface area contributed by atoms with E-state index in [1.807, 2.05) is 26.0 Å². The predicted octanol–water partition coefficient (Wildman–Crippen LogP) is 4.76. The molecule has 35 heavy (non-hydrogen) atoms. The van der Waals surface area contributed by atoms with Gasteiger partial charge in [-0.2, -0.15) is 5.26 Å². The van der Waals surface area contributed by atoms with Crippen LogP contribution in [0.4, 0.5) is 18.9 Å². The number of ether oxygens (including phenoxy) is 2. The van der Waals surface area contributed by atoms with Gasteiger partial charge < -0.3 is 20.5 Å². The largest absolute Gasteiger partial charge is 0.474 e. The fraction of sp³-hybridized carbons (Fsp3) is 0.417. The third-order valence-corrected chi connectivity index (χ3v) is 4.38. The maximum Gasteiger partial charge on any atom is 0.282 e. The number of amides is 1. The van der Waals surface area contributed by atoms with Gasteiger partial charge in [0.2, 0.25) is 12.8 Å². The van der Waals surface area contributed by atoms with E-state index in [2.05, 4.69) is 15.3 Å². The molecule has 0 saturated carbocycles. The number of nitrogens with two attached hydrogens (primary N) is 1. The molecule has 0 saturated heterocycles. The summed E-state index contributed by atoms with van der Waals surface area (Å²) in [6, 6.07) is 9.68. The number of nitrogens with one attached hydrogen (secondary N) is 1. The Hall–Kier alpha value is -3.81. The van der Waals surface area contributed by atoms with Gasteiger partial charge in [-0.3, -0.25) is 9.78 Å². The molecule has 2 unspecified atom stereocenters. The first-order valence-corrected chi connectivity index (χ1v) is 10.8. The Balaban J connectivity index is 0.000000327. The van der Waals surface area contributed by atoms with E-state index in [4.69, 9.17) is 20.5 Å². The molecule has 2 heterocycles. The van der Waals surface area contributed by atoms with Crippen LogP contribution in [0.3, 0.4) is 0 Å². The van der Waals surface area contributed by atoms with E-state index in [1.165, 1.54) is 12.1 Å². The summed E-state index contributed by atoms with van der Waals surface area (Å²) in [7, 11) is 0. The molecule has 1 amide bonds. The fourth-order valence-electron chi connectivity index (χ4n) is 2.83. The number of alkyl halides is 2. The van der Waals surface area contributed by atoms with Crippen molar-refractivity contribution < 1.29 is 27.4 Å². The highest BCUT2D eigenvalue weighted by Crippen LogP contribution is 2.31. The van der Waals surface area contributed by atoms with Gasteiger partial charge in [0, 0.05) is 16.9 Å². The van der Waals surface area contributed by atoms with Gasteiger partial charge in [-0.15, -0.1) is 0 Å². The standard InChI is InChI=1S/C13H16FN3O2.C9H10N2O.C2H4F2/c1-8-4-12(17-13(15)19-6-8)10-5-9(16-7-18)2-3-11(10)14;1-7-3-4-9(6-11-7)12-8(2)5-10;1-2(3)4/h2-3,5,7-8,12H,4,6H2,1H3,(H2,15,17)(H,16,18);3-4,6,8H,1-2H3;2H,1H3/t;8-;/m.1./s1. The van der Waals surface area contributed by atoms with Crippen LogP contribution in [0.15, 0.2) is 41.5 Å². The third kappa shape index (κ3) is 11.7. The molecule has 3 rings (SSSR count).